The molecule has 0 saturated heterocycles. The highest BCUT2D eigenvalue weighted by molar-refractivity contribution is 7.99. The van der Waals surface area contributed by atoms with Crippen molar-refractivity contribution in [1.82, 2.24) is 0 Å². The van der Waals surface area contributed by atoms with Crippen LogP contribution in [0.1, 0.15) is 25.5 Å². The van der Waals surface area contributed by atoms with Crippen molar-refractivity contribution in [1.29, 1.82) is 0 Å². The number of ether oxygens (including phenoxy) is 1. The quantitative estimate of drug-likeness (QED) is 0.863. The second kappa shape index (κ2) is 6.11. The molecule has 1 rings (SSSR count). The summed E-state index contributed by atoms with van der Waals surface area (Å²) in [6.45, 7) is 4.20. The molecule has 0 fully saturated rings. The Hall–Kier alpha value is -0.740. The van der Waals surface area contributed by atoms with Crippen molar-refractivity contribution in [3.05, 3.63) is 29.6 Å². The molecule has 0 bridgehead atoms. The van der Waals surface area contributed by atoms with E-state index in [2.05, 4.69) is 13.8 Å². The van der Waals surface area contributed by atoms with Gasteiger partial charge in [0.15, 0.2) is 0 Å². The number of halogens is 1. The molecule has 16 heavy (non-hydrogen) atoms. The number of hydrogen-bond donors (Lipinski definition) is 1. The lowest BCUT2D eigenvalue weighted by molar-refractivity contribution is 0.410. The fourth-order valence-corrected chi connectivity index (χ4v) is 2.09. The lowest BCUT2D eigenvalue weighted by atomic mass is 10.1. The molecule has 1 atom stereocenters. The van der Waals surface area contributed by atoms with Crippen molar-refractivity contribution < 1.29 is 9.13 Å². The number of benzene rings is 1. The van der Waals surface area contributed by atoms with Gasteiger partial charge < -0.3 is 10.5 Å². The van der Waals surface area contributed by atoms with Gasteiger partial charge in [-0.2, -0.15) is 11.8 Å². The van der Waals surface area contributed by atoms with Crippen LogP contribution in [0.2, 0.25) is 0 Å². The van der Waals surface area contributed by atoms with Crippen LogP contribution in [-0.4, -0.2) is 18.1 Å². The first-order chi connectivity index (χ1) is 7.54. The van der Waals surface area contributed by atoms with Crippen molar-refractivity contribution in [3.63, 3.8) is 0 Å². The Morgan fingerprint density at radius 3 is 2.62 bits per heavy atom. The highest BCUT2D eigenvalue weighted by atomic mass is 32.2. The molecule has 0 aliphatic carbocycles. The van der Waals surface area contributed by atoms with Gasteiger partial charge >= 0.3 is 0 Å². The van der Waals surface area contributed by atoms with Gasteiger partial charge in [0, 0.05) is 23.4 Å². The molecule has 0 aliphatic heterocycles. The number of methoxy groups -OCH3 is 1. The standard InChI is InChI=1S/C12H18FNOS/c1-8(2)16-7-12(14)10-5-4-9(15-3)6-11(10)13/h4-6,8,12H,7,14H2,1-3H3. The van der Waals surface area contributed by atoms with Crippen molar-refractivity contribution in [3.8, 4) is 5.75 Å². The number of thioether (sulfide) groups is 1. The van der Waals surface area contributed by atoms with Gasteiger partial charge in [-0.1, -0.05) is 19.9 Å². The summed E-state index contributed by atoms with van der Waals surface area (Å²) in [4.78, 5) is 0. The minimum atomic E-state index is -0.295. The Morgan fingerprint density at radius 1 is 1.44 bits per heavy atom. The Morgan fingerprint density at radius 2 is 2.12 bits per heavy atom. The van der Waals surface area contributed by atoms with Crippen LogP contribution in [0, 0.1) is 5.82 Å². The van der Waals surface area contributed by atoms with Crippen LogP contribution in [0.5, 0.6) is 5.75 Å². The summed E-state index contributed by atoms with van der Waals surface area (Å²) in [5.74, 6) is 0.946. The van der Waals surface area contributed by atoms with Crippen LogP contribution in [0.25, 0.3) is 0 Å². The highest BCUT2D eigenvalue weighted by Gasteiger charge is 2.12. The van der Waals surface area contributed by atoms with Crippen molar-refractivity contribution in [2.24, 2.45) is 5.73 Å². The van der Waals surface area contributed by atoms with Gasteiger partial charge in [-0.3, -0.25) is 0 Å². The maximum absolute atomic E-state index is 13.6. The topological polar surface area (TPSA) is 35.2 Å². The summed E-state index contributed by atoms with van der Waals surface area (Å²) in [5, 5.41) is 0.507. The largest absolute Gasteiger partial charge is 0.497 e. The van der Waals surface area contributed by atoms with Gasteiger partial charge in [0.25, 0.3) is 0 Å². The SMILES string of the molecule is COc1ccc(C(N)CSC(C)C)c(F)c1. The van der Waals surface area contributed by atoms with E-state index in [1.807, 2.05) is 0 Å². The van der Waals surface area contributed by atoms with Crippen LogP contribution < -0.4 is 10.5 Å². The van der Waals surface area contributed by atoms with Crippen molar-refractivity contribution in [2.45, 2.75) is 25.1 Å². The lowest BCUT2D eigenvalue weighted by Crippen LogP contribution is -2.15. The average Bonchev–Trinajstić information content (AvgIpc) is 2.25. The van der Waals surface area contributed by atoms with Crippen LogP contribution >= 0.6 is 11.8 Å². The minimum Gasteiger partial charge on any atom is -0.497 e. The Bertz CT molecular complexity index is 344. The van der Waals surface area contributed by atoms with E-state index < -0.39 is 0 Å². The Kier molecular flexibility index (Phi) is 5.09. The molecule has 90 valence electrons. The highest BCUT2D eigenvalue weighted by Crippen LogP contribution is 2.24. The first-order valence-corrected chi connectivity index (χ1v) is 6.30. The maximum atomic E-state index is 13.6. The molecule has 1 aromatic rings. The molecule has 0 heterocycles. The molecule has 1 unspecified atom stereocenters. The predicted molar refractivity (Wildman–Crippen MR) is 67.5 cm³/mol. The average molecular weight is 243 g/mol. The van der Waals surface area contributed by atoms with Crippen LogP contribution in [0.3, 0.4) is 0 Å². The third-order valence-electron chi connectivity index (χ3n) is 2.22. The lowest BCUT2D eigenvalue weighted by Gasteiger charge is -2.14. The molecule has 0 spiro atoms. The first kappa shape index (κ1) is 13.3. The van der Waals surface area contributed by atoms with Gasteiger partial charge in [0.1, 0.15) is 11.6 Å². The van der Waals surface area contributed by atoms with Crippen LogP contribution in [0.15, 0.2) is 18.2 Å². The summed E-state index contributed by atoms with van der Waals surface area (Å²) in [6, 6.07) is 4.53. The van der Waals surface area contributed by atoms with Crippen LogP contribution in [0.4, 0.5) is 4.39 Å². The Labute approximate surface area is 100 Å². The predicted octanol–water partition coefficient (Wildman–Crippen LogP) is 2.98. The monoisotopic (exact) mass is 243 g/mol. The van der Waals surface area contributed by atoms with E-state index in [1.54, 1.807) is 23.9 Å². The molecule has 0 saturated carbocycles. The maximum Gasteiger partial charge on any atom is 0.131 e. The molecule has 0 aromatic heterocycles. The molecule has 1 aromatic carbocycles. The van der Waals surface area contributed by atoms with E-state index in [0.29, 0.717) is 16.6 Å². The summed E-state index contributed by atoms with van der Waals surface area (Å²) < 4.78 is 18.6. The van der Waals surface area contributed by atoms with Gasteiger partial charge in [-0.15, -0.1) is 0 Å². The van der Waals surface area contributed by atoms with Crippen molar-refractivity contribution in [2.75, 3.05) is 12.9 Å². The zero-order valence-electron chi connectivity index (χ0n) is 9.87. The third-order valence-corrected chi connectivity index (χ3v) is 3.43. The number of hydrogen-bond acceptors (Lipinski definition) is 3. The van der Waals surface area contributed by atoms with E-state index in [1.165, 1.54) is 13.2 Å². The molecule has 2 nitrogen and oxygen atoms in total. The molecular weight excluding hydrogens is 225 g/mol. The second-order valence-electron chi connectivity index (χ2n) is 3.88. The summed E-state index contributed by atoms with van der Waals surface area (Å²) >= 11 is 1.73. The smallest absolute Gasteiger partial charge is 0.131 e. The first-order valence-electron chi connectivity index (χ1n) is 5.25. The molecule has 4 heteroatoms. The molecule has 2 N–H and O–H groups in total. The zero-order valence-corrected chi connectivity index (χ0v) is 10.7. The number of nitrogens with two attached hydrogens (primary N) is 1. The van der Waals surface area contributed by atoms with Gasteiger partial charge in [-0.05, 0) is 11.3 Å². The van der Waals surface area contributed by atoms with Crippen molar-refractivity contribution >= 4 is 11.8 Å². The van der Waals surface area contributed by atoms with E-state index in [0.717, 1.165) is 5.75 Å². The van der Waals surface area contributed by atoms with E-state index in [-0.39, 0.29) is 11.9 Å². The fourth-order valence-electron chi connectivity index (χ4n) is 1.32. The summed E-state index contributed by atoms with van der Waals surface area (Å²) in [6.07, 6.45) is 0. The fraction of sp³-hybridized carbons (Fsp3) is 0.500. The van der Waals surface area contributed by atoms with E-state index in [4.69, 9.17) is 10.5 Å². The van der Waals surface area contributed by atoms with E-state index in [9.17, 15) is 4.39 Å². The second-order valence-corrected chi connectivity index (χ2v) is 5.49. The minimum absolute atomic E-state index is 0.265. The summed E-state index contributed by atoms with van der Waals surface area (Å²) in [5.41, 5.74) is 6.48. The van der Waals surface area contributed by atoms with E-state index >= 15 is 0 Å². The molecule has 0 amide bonds. The normalized spacial score (nSPS) is 12.9. The van der Waals surface area contributed by atoms with Gasteiger partial charge in [0.2, 0.25) is 0 Å². The van der Waals surface area contributed by atoms with Gasteiger partial charge in [-0.25, -0.2) is 4.39 Å². The number of rotatable bonds is 5. The van der Waals surface area contributed by atoms with Gasteiger partial charge in [0.05, 0.1) is 7.11 Å². The zero-order chi connectivity index (χ0) is 12.1. The molecular formula is C12H18FNOS. The molecule has 0 radical (unpaired) electrons. The third kappa shape index (κ3) is 3.68. The Balaban J connectivity index is 2.71. The molecule has 0 aliphatic rings. The van der Waals surface area contributed by atoms with Crippen LogP contribution in [-0.2, 0) is 0 Å². The summed E-state index contributed by atoms with van der Waals surface area (Å²) in [7, 11) is 1.52.